The summed E-state index contributed by atoms with van der Waals surface area (Å²) in [5.74, 6) is 0.479. The molecule has 24 heavy (non-hydrogen) atoms. The summed E-state index contributed by atoms with van der Waals surface area (Å²) in [4.78, 5) is 14.9. The molecular weight excluding hydrogens is 370 g/mol. The van der Waals surface area contributed by atoms with E-state index in [4.69, 9.17) is 0 Å². The number of carbonyl (C=O) groups excluding carboxylic acids is 1. The van der Waals surface area contributed by atoms with Gasteiger partial charge in [-0.25, -0.2) is 12.7 Å². The molecule has 0 bridgehead atoms. The number of hydrogen-bond acceptors (Lipinski definition) is 5. The van der Waals surface area contributed by atoms with Gasteiger partial charge in [0.1, 0.15) is 9.77 Å². The van der Waals surface area contributed by atoms with Gasteiger partial charge in [-0.15, -0.1) is 23.7 Å². The summed E-state index contributed by atoms with van der Waals surface area (Å²) in [6.45, 7) is 2.40. The van der Waals surface area contributed by atoms with Crippen molar-refractivity contribution in [1.82, 2.24) is 14.5 Å². The maximum Gasteiger partial charge on any atom is 0.265 e. The molecule has 1 fully saturated rings. The molecule has 0 aromatic carbocycles. The molecule has 138 valence electrons. The Kier molecular flexibility index (Phi) is 8.14. The summed E-state index contributed by atoms with van der Waals surface area (Å²) >= 11 is 1.20. The van der Waals surface area contributed by atoms with E-state index >= 15 is 0 Å². The first-order valence-corrected chi connectivity index (χ1v) is 10.1. The van der Waals surface area contributed by atoms with E-state index in [1.165, 1.54) is 31.5 Å². The lowest BCUT2D eigenvalue weighted by molar-refractivity contribution is 0.0688. The topological polar surface area (TPSA) is 69.7 Å². The van der Waals surface area contributed by atoms with Gasteiger partial charge in [-0.1, -0.05) is 0 Å². The molecule has 1 aliphatic rings. The Balaban J connectivity index is 0.00000288. The summed E-state index contributed by atoms with van der Waals surface area (Å²) in [6.07, 6.45) is 3.08. The Labute approximate surface area is 154 Å². The third-order valence-corrected chi connectivity index (χ3v) is 7.18. The van der Waals surface area contributed by atoms with Crippen LogP contribution in [0.15, 0.2) is 16.3 Å². The van der Waals surface area contributed by atoms with E-state index in [1.54, 1.807) is 10.3 Å². The molecule has 2 heterocycles. The number of hydrogen-bond donors (Lipinski definition) is 1. The number of nitrogens with zero attached hydrogens (tertiary/aromatic N) is 2. The van der Waals surface area contributed by atoms with Gasteiger partial charge in [0.05, 0.1) is 0 Å². The Hall–Kier alpha value is -0.670. The number of piperidine rings is 1. The number of amides is 1. The minimum atomic E-state index is -3.58. The van der Waals surface area contributed by atoms with Crippen LogP contribution in [0.3, 0.4) is 0 Å². The molecule has 6 nitrogen and oxygen atoms in total. The lowest BCUT2D eigenvalue weighted by Crippen LogP contribution is -2.39. The third-order valence-electron chi connectivity index (χ3n) is 4.29. The summed E-state index contributed by atoms with van der Waals surface area (Å²) in [6, 6.07) is 1.52. The summed E-state index contributed by atoms with van der Waals surface area (Å²) in [5, 5.41) is 4.83. The summed E-state index contributed by atoms with van der Waals surface area (Å²) in [5.41, 5.74) is 0. The van der Waals surface area contributed by atoms with Crippen molar-refractivity contribution in [3.05, 3.63) is 16.3 Å². The van der Waals surface area contributed by atoms with Crippen molar-refractivity contribution in [2.75, 3.05) is 40.8 Å². The van der Waals surface area contributed by atoms with E-state index in [1.807, 2.05) is 7.05 Å². The second kappa shape index (κ2) is 9.15. The lowest BCUT2D eigenvalue weighted by atomic mass is 9.93. The molecule has 1 aliphatic heterocycles. The predicted molar refractivity (Wildman–Crippen MR) is 99.6 cm³/mol. The standard InChI is InChI=1S/C15H25N3O3S2.ClH/c1-16-8-4-12-5-9-18(10-6-12)15(19)14-13(7-11-22-14)23(20,21)17(2)3;/h7,11-12,16H,4-6,8-10H2,1-3H3;1H. The van der Waals surface area contributed by atoms with Crippen LogP contribution in [0.1, 0.15) is 28.9 Å². The van der Waals surface area contributed by atoms with Gasteiger partial charge in [0.2, 0.25) is 10.0 Å². The van der Waals surface area contributed by atoms with Crippen LogP contribution in [0.4, 0.5) is 0 Å². The lowest BCUT2D eigenvalue weighted by Gasteiger charge is -2.32. The van der Waals surface area contributed by atoms with Gasteiger partial charge in [-0.05, 0) is 50.2 Å². The maximum absolute atomic E-state index is 12.7. The van der Waals surface area contributed by atoms with Crippen LogP contribution in [0.5, 0.6) is 0 Å². The number of rotatable bonds is 6. The van der Waals surface area contributed by atoms with Gasteiger partial charge in [0.25, 0.3) is 5.91 Å². The van der Waals surface area contributed by atoms with Crippen LogP contribution in [0.2, 0.25) is 0 Å². The minimum absolute atomic E-state index is 0. The van der Waals surface area contributed by atoms with Gasteiger partial charge in [-0.3, -0.25) is 4.79 Å². The summed E-state index contributed by atoms with van der Waals surface area (Å²) < 4.78 is 25.8. The normalized spacial score (nSPS) is 16.2. The quantitative estimate of drug-likeness (QED) is 0.798. The largest absolute Gasteiger partial charge is 0.338 e. The highest BCUT2D eigenvalue weighted by Crippen LogP contribution is 2.28. The smallest absolute Gasteiger partial charge is 0.265 e. The SMILES string of the molecule is CNCCC1CCN(C(=O)c2sccc2S(=O)(=O)N(C)C)CC1.Cl. The first-order chi connectivity index (χ1) is 10.9. The zero-order valence-corrected chi connectivity index (χ0v) is 16.8. The fourth-order valence-corrected chi connectivity index (χ4v) is 5.03. The maximum atomic E-state index is 12.7. The highest BCUT2D eigenvalue weighted by Gasteiger charge is 2.30. The van der Waals surface area contributed by atoms with Crippen molar-refractivity contribution in [3.63, 3.8) is 0 Å². The Morgan fingerprint density at radius 1 is 1.38 bits per heavy atom. The van der Waals surface area contributed by atoms with Crippen molar-refractivity contribution in [2.24, 2.45) is 5.92 Å². The van der Waals surface area contributed by atoms with E-state index in [-0.39, 0.29) is 23.2 Å². The fraction of sp³-hybridized carbons (Fsp3) is 0.667. The van der Waals surface area contributed by atoms with Gasteiger partial charge in [0.15, 0.2) is 0 Å². The molecule has 0 saturated carbocycles. The number of sulfonamides is 1. The summed E-state index contributed by atoms with van der Waals surface area (Å²) in [7, 11) is 1.33. The van der Waals surface area contributed by atoms with E-state index in [9.17, 15) is 13.2 Å². The van der Waals surface area contributed by atoms with Crippen LogP contribution >= 0.6 is 23.7 Å². The highest BCUT2D eigenvalue weighted by atomic mass is 35.5. The molecular formula is C15H26ClN3O3S2. The molecule has 0 atom stereocenters. The average molecular weight is 396 g/mol. The van der Waals surface area contributed by atoms with Crippen molar-refractivity contribution in [2.45, 2.75) is 24.2 Å². The van der Waals surface area contributed by atoms with E-state index in [2.05, 4.69) is 5.32 Å². The molecule has 1 aromatic heterocycles. The van der Waals surface area contributed by atoms with Crippen LogP contribution in [0.25, 0.3) is 0 Å². The zero-order chi connectivity index (χ0) is 17.0. The molecule has 1 N–H and O–H groups in total. The molecule has 1 saturated heterocycles. The number of nitrogens with one attached hydrogen (secondary N) is 1. The first kappa shape index (κ1) is 21.4. The van der Waals surface area contributed by atoms with Gasteiger partial charge in [0, 0.05) is 27.2 Å². The molecule has 1 amide bonds. The minimum Gasteiger partial charge on any atom is -0.338 e. The second-order valence-electron chi connectivity index (χ2n) is 6.03. The molecule has 0 aliphatic carbocycles. The van der Waals surface area contributed by atoms with Crippen molar-refractivity contribution < 1.29 is 13.2 Å². The van der Waals surface area contributed by atoms with Crippen LogP contribution < -0.4 is 5.32 Å². The highest BCUT2D eigenvalue weighted by molar-refractivity contribution is 7.89. The van der Waals surface area contributed by atoms with Crippen LogP contribution in [0, 0.1) is 5.92 Å². The second-order valence-corrected chi connectivity index (χ2v) is 9.07. The molecule has 9 heteroatoms. The average Bonchev–Trinajstić information content (AvgIpc) is 3.03. The van der Waals surface area contributed by atoms with Crippen LogP contribution in [-0.4, -0.2) is 64.3 Å². The van der Waals surface area contributed by atoms with Crippen LogP contribution in [-0.2, 0) is 10.0 Å². The molecule has 2 rings (SSSR count). The monoisotopic (exact) mass is 395 g/mol. The molecule has 0 radical (unpaired) electrons. The zero-order valence-electron chi connectivity index (χ0n) is 14.3. The number of halogens is 1. The van der Waals surface area contributed by atoms with Crippen molar-refractivity contribution in [1.29, 1.82) is 0 Å². The van der Waals surface area contributed by atoms with Gasteiger partial charge >= 0.3 is 0 Å². The van der Waals surface area contributed by atoms with Crippen molar-refractivity contribution in [3.8, 4) is 0 Å². The Morgan fingerprint density at radius 2 is 2.00 bits per heavy atom. The molecule has 0 unspecified atom stereocenters. The molecule has 0 spiro atoms. The molecule has 1 aromatic rings. The number of likely N-dealkylation sites (tertiary alicyclic amines) is 1. The fourth-order valence-electron chi connectivity index (χ4n) is 2.77. The third kappa shape index (κ3) is 4.70. The first-order valence-electron chi connectivity index (χ1n) is 7.81. The van der Waals surface area contributed by atoms with E-state index in [0.717, 1.165) is 30.1 Å². The number of thiophene rings is 1. The van der Waals surface area contributed by atoms with Crippen molar-refractivity contribution >= 4 is 39.7 Å². The Morgan fingerprint density at radius 3 is 2.54 bits per heavy atom. The Bertz CT molecular complexity index is 638. The van der Waals surface area contributed by atoms with E-state index in [0.29, 0.717) is 23.9 Å². The van der Waals surface area contributed by atoms with Gasteiger partial charge < -0.3 is 10.2 Å². The predicted octanol–water partition coefficient (Wildman–Crippen LogP) is 1.88. The number of carbonyl (C=O) groups is 1. The van der Waals surface area contributed by atoms with Gasteiger partial charge in [-0.2, -0.15) is 0 Å². The van der Waals surface area contributed by atoms with E-state index < -0.39 is 10.0 Å².